The van der Waals surface area contributed by atoms with E-state index in [1.54, 1.807) is 19.4 Å². The van der Waals surface area contributed by atoms with E-state index < -0.39 is 0 Å². The highest BCUT2D eigenvalue weighted by atomic mass is 32.1. The molecule has 2 aromatic carbocycles. The van der Waals surface area contributed by atoms with E-state index in [1.165, 1.54) is 16.0 Å². The van der Waals surface area contributed by atoms with Crippen molar-refractivity contribution < 1.29 is 4.74 Å². The molecule has 0 spiro atoms. The standard InChI is InChI=1S/C20H15N3O2S/c1-25-15-10-8-14(9-11-15)13-21-23-19(18-7-4-12-26-18)22-17-6-3-2-5-16(17)20(23)24/h2-13H,1H3/b21-13+. The molecule has 6 heteroatoms. The third kappa shape index (κ3) is 3.02. The number of thiophene rings is 1. The summed E-state index contributed by atoms with van der Waals surface area (Å²) in [6, 6.07) is 18.6. The fraction of sp³-hybridized carbons (Fsp3) is 0.0500. The highest BCUT2D eigenvalue weighted by Gasteiger charge is 2.12. The fourth-order valence-electron chi connectivity index (χ4n) is 2.61. The molecule has 4 aromatic rings. The molecular formula is C20H15N3O2S. The molecule has 2 heterocycles. The summed E-state index contributed by atoms with van der Waals surface area (Å²) in [5.41, 5.74) is 1.34. The summed E-state index contributed by atoms with van der Waals surface area (Å²) in [5.74, 6) is 1.31. The van der Waals surface area contributed by atoms with E-state index in [1.807, 2.05) is 60.0 Å². The molecule has 2 aromatic heterocycles. The first kappa shape index (κ1) is 16.2. The van der Waals surface area contributed by atoms with E-state index in [0.29, 0.717) is 16.7 Å². The molecule has 0 aliphatic rings. The molecule has 0 bridgehead atoms. The van der Waals surface area contributed by atoms with Gasteiger partial charge < -0.3 is 4.74 Å². The predicted molar refractivity (Wildman–Crippen MR) is 105 cm³/mol. The molecule has 0 unspecified atom stereocenters. The molecule has 26 heavy (non-hydrogen) atoms. The molecule has 0 aliphatic heterocycles. The van der Waals surface area contributed by atoms with Gasteiger partial charge in [0.05, 0.1) is 29.1 Å². The Kier molecular flexibility index (Phi) is 4.33. The molecule has 0 saturated heterocycles. The summed E-state index contributed by atoms with van der Waals surface area (Å²) in [6.07, 6.45) is 1.65. The van der Waals surface area contributed by atoms with Gasteiger partial charge in [0, 0.05) is 0 Å². The van der Waals surface area contributed by atoms with Crippen LogP contribution < -0.4 is 10.3 Å². The molecular weight excluding hydrogens is 346 g/mol. The second-order valence-corrected chi connectivity index (χ2v) is 6.51. The van der Waals surface area contributed by atoms with Gasteiger partial charge in [-0.05, 0) is 53.4 Å². The number of nitrogens with zero attached hydrogens (tertiary/aromatic N) is 3. The normalized spacial score (nSPS) is 11.3. The average molecular weight is 361 g/mol. The zero-order valence-corrected chi connectivity index (χ0v) is 14.8. The first-order valence-electron chi connectivity index (χ1n) is 8.00. The van der Waals surface area contributed by atoms with Crippen LogP contribution in [0.5, 0.6) is 5.75 Å². The molecule has 4 rings (SSSR count). The minimum atomic E-state index is -0.191. The van der Waals surface area contributed by atoms with Crippen LogP contribution in [0.25, 0.3) is 21.6 Å². The van der Waals surface area contributed by atoms with Crippen LogP contribution in [-0.2, 0) is 0 Å². The summed E-state index contributed by atoms with van der Waals surface area (Å²) in [5, 5.41) is 6.91. The predicted octanol–water partition coefficient (Wildman–Crippen LogP) is 4.02. The average Bonchev–Trinajstić information content (AvgIpc) is 3.22. The molecule has 0 saturated carbocycles. The number of rotatable bonds is 4. The number of aromatic nitrogens is 2. The molecule has 0 radical (unpaired) electrons. The maximum atomic E-state index is 13.0. The van der Waals surface area contributed by atoms with Gasteiger partial charge >= 0.3 is 0 Å². The van der Waals surface area contributed by atoms with E-state index in [4.69, 9.17) is 4.74 Å². The van der Waals surface area contributed by atoms with Crippen molar-refractivity contribution in [1.29, 1.82) is 0 Å². The van der Waals surface area contributed by atoms with Crippen molar-refractivity contribution in [3.63, 3.8) is 0 Å². The monoisotopic (exact) mass is 361 g/mol. The second-order valence-electron chi connectivity index (χ2n) is 5.56. The van der Waals surface area contributed by atoms with Gasteiger partial charge in [0.2, 0.25) is 0 Å². The maximum Gasteiger partial charge on any atom is 0.282 e. The van der Waals surface area contributed by atoms with Crippen molar-refractivity contribution in [2.24, 2.45) is 5.10 Å². The van der Waals surface area contributed by atoms with Gasteiger partial charge in [-0.25, -0.2) is 4.98 Å². The van der Waals surface area contributed by atoms with Crippen LogP contribution in [0.1, 0.15) is 5.56 Å². The second kappa shape index (κ2) is 6.93. The highest BCUT2D eigenvalue weighted by molar-refractivity contribution is 7.13. The maximum absolute atomic E-state index is 13.0. The molecule has 0 N–H and O–H groups in total. The van der Waals surface area contributed by atoms with E-state index in [0.717, 1.165) is 16.2 Å². The van der Waals surface area contributed by atoms with Crippen LogP contribution in [-0.4, -0.2) is 23.0 Å². The number of hydrogen-bond acceptors (Lipinski definition) is 5. The zero-order valence-electron chi connectivity index (χ0n) is 14.0. The van der Waals surface area contributed by atoms with Crippen molar-refractivity contribution >= 4 is 28.5 Å². The smallest absolute Gasteiger partial charge is 0.282 e. The van der Waals surface area contributed by atoms with Gasteiger partial charge in [0.15, 0.2) is 5.82 Å². The Morgan fingerprint density at radius 3 is 2.62 bits per heavy atom. The van der Waals surface area contributed by atoms with Crippen molar-refractivity contribution in [1.82, 2.24) is 9.66 Å². The van der Waals surface area contributed by atoms with Crippen LogP contribution in [0, 0.1) is 0 Å². The fourth-order valence-corrected chi connectivity index (χ4v) is 3.31. The van der Waals surface area contributed by atoms with Gasteiger partial charge in [-0.2, -0.15) is 9.78 Å². The Hall–Kier alpha value is -3.25. The van der Waals surface area contributed by atoms with Gasteiger partial charge in [0.25, 0.3) is 5.56 Å². The Morgan fingerprint density at radius 1 is 1.08 bits per heavy atom. The topological polar surface area (TPSA) is 56.5 Å². The minimum absolute atomic E-state index is 0.191. The number of hydrogen-bond donors (Lipinski definition) is 0. The highest BCUT2D eigenvalue weighted by Crippen LogP contribution is 2.23. The lowest BCUT2D eigenvalue weighted by Gasteiger charge is -2.07. The molecule has 0 aliphatic carbocycles. The third-order valence-corrected chi connectivity index (χ3v) is 4.80. The van der Waals surface area contributed by atoms with Crippen molar-refractivity contribution in [2.75, 3.05) is 7.11 Å². The van der Waals surface area contributed by atoms with Gasteiger partial charge in [0.1, 0.15) is 5.75 Å². The lowest BCUT2D eigenvalue weighted by molar-refractivity contribution is 0.415. The summed E-state index contributed by atoms with van der Waals surface area (Å²) in [4.78, 5) is 18.5. The number of para-hydroxylation sites is 1. The number of benzene rings is 2. The van der Waals surface area contributed by atoms with E-state index in [9.17, 15) is 4.79 Å². The molecule has 128 valence electrons. The minimum Gasteiger partial charge on any atom is -0.497 e. The number of fused-ring (bicyclic) bond motifs is 1. The molecule has 0 fully saturated rings. The Balaban J connectivity index is 1.86. The van der Waals surface area contributed by atoms with E-state index in [2.05, 4.69) is 10.1 Å². The summed E-state index contributed by atoms with van der Waals surface area (Å²) in [7, 11) is 1.62. The van der Waals surface area contributed by atoms with Crippen LogP contribution >= 0.6 is 11.3 Å². The molecule has 5 nitrogen and oxygen atoms in total. The van der Waals surface area contributed by atoms with Crippen LogP contribution in [0.4, 0.5) is 0 Å². The van der Waals surface area contributed by atoms with Gasteiger partial charge in [-0.3, -0.25) is 4.79 Å². The quantitative estimate of drug-likeness (QED) is 0.516. The summed E-state index contributed by atoms with van der Waals surface area (Å²) in [6.45, 7) is 0. The number of methoxy groups -OCH3 is 1. The SMILES string of the molecule is COc1ccc(/C=N/n2c(-c3cccs3)nc3ccccc3c2=O)cc1. The lowest BCUT2D eigenvalue weighted by atomic mass is 10.2. The third-order valence-electron chi connectivity index (χ3n) is 3.93. The Morgan fingerprint density at radius 2 is 1.88 bits per heavy atom. The first-order chi connectivity index (χ1) is 12.8. The van der Waals surface area contributed by atoms with Crippen LogP contribution in [0.15, 0.2) is 75.9 Å². The van der Waals surface area contributed by atoms with E-state index in [-0.39, 0.29) is 5.56 Å². The van der Waals surface area contributed by atoms with Gasteiger partial charge in [-0.1, -0.05) is 18.2 Å². The lowest BCUT2D eigenvalue weighted by Crippen LogP contribution is -2.20. The molecule has 0 amide bonds. The van der Waals surface area contributed by atoms with E-state index >= 15 is 0 Å². The first-order valence-corrected chi connectivity index (χ1v) is 8.88. The summed E-state index contributed by atoms with van der Waals surface area (Å²) < 4.78 is 6.52. The largest absolute Gasteiger partial charge is 0.497 e. The number of ether oxygens (including phenoxy) is 1. The van der Waals surface area contributed by atoms with Crippen molar-refractivity contribution in [2.45, 2.75) is 0 Å². The summed E-state index contributed by atoms with van der Waals surface area (Å²) >= 11 is 1.52. The van der Waals surface area contributed by atoms with Crippen molar-refractivity contribution in [3.05, 3.63) is 82.0 Å². The van der Waals surface area contributed by atoms with Crippen LogP contribution in [0.2, 0.25) is 0 Å². The Labute approximate surface area is 153 Å². The zero-order chi connectivity index (χ0) is 17.9. The molecule has 0 atom stereocenters. The Bertz CT molecular complexity index is 1130. The van der Waals surface area contributed by atoms with Gasteiger partial charge in [-0.15, -0.1) is 11.3 Å². The van der Waals surface area contributed by atoms with Crippen LogP contribution in [0.3, 0.4) is 0 Å². The van der Waals surface area contributed by atoms with Crippen molar-refractivity contribution in [3.8, 4) is 16.5 Å².